The smallest absolute Gasteiger partial charge is 0.257 e. The Morgan fingerprint density at radius 2 is 2.00 bits per heavy atom. The van der Waals surface area contributed by atoms with Gasteiger partial charge >= 0.3 is 0 Å². The molecule has 1 aromatic carbocycles. The van der Waals surface area contributed by atoms with Gasteiger partial charge in [-0.2, -0.15) is 4.98 Å². The zero-order valence-corrected chi connectivity index (χ0v) is 8.60. The van der Waals surface area contributed by atoms with Crippen LogP contribution >= 0.6 is 0 Å². The summed E-state index contributed by atoms with van der Waals surface area (Å²) >= 11 is 0. The summed E-state index contributed by atoms with van der Waals surface area (Å²) in [5.74, 6) is 1.06. The van der Waals surface area contributed by atoms with Crippen LogP contribution in [-0.2, 0) is 13.0 Å². The van der Waals surface area contributed by atoms with Crippen molar-refractivity contribution in [2.45, 2.75) is 19.9 Å². The van der Waals surface area contributed by atoms with Gasteiger partial charge in [-0.1, -0.05) is 24.2 Å². The van der Waals surface area contributed by atoms with E-state index < -0.39 is 0 Å². The third-order valence-corrected chi connectivity index (χ3v) is 2.26. The van der Waals surface area contributed by atoms with E-state index in [1.807, 2.05) is 12.1 Å². The standard InChI is InChI=1S/C11H13N3O/c1-2-8-3-5-9(6-4-8)11-13-10(7-12)14-15-11/h3-6H,2,7,12H2,1H3. The van der Waals surface area contributed by atoms with E-state index in [1.54, 1.807) is 0 Å². The Morgan fingerprint density at radius 3 is 2.53 bits per heavy atom. The molecule has 0 aliphatic carbocycles. The highest BCUT2D eigenvalue weighted by Gasteiger charge is 2.06. The lowest BCUT2D eigenvalue weighted by Gasteiger charge is -1.96. The Balaban J connectivity index is 2.28. The fourth-order valence-electron chi connectivity index (χ4n) is 1.34. The zero-order chi connectivity index (χ0) is 10.7. The first-order valence-electron chi connectivity index (χ1n) is 4.95. The maximum Gasteiger partial charge on any atom is 0.257 e. The van der Waals surface area contributed by atoms with Crippen LogP contribution in [0.2, 0.25) is 0 Å². The van der Waals surface area contributed by atoms with Crippen molar-refractivity contribution in [1.82, 2.24) is 10.1 Å². The van der Waals surface area contributed by atoms with Crippen molar-refractivity contribution in [3.05, 3.63) is 35.7 Å². The number of aromatic nitrogens is 2. The monoisotopic (exact) mass is 203 g/mol. The van der Waals surface area contributed by atoms with Crippen molar-refractivity contribution in [2.24, 2.45) is 5.73 Å². The molecule has 0 amide bonds. The Labute approximate surface area is 88.1 Å². The molecular formula is C11H13N3O. The topological polar surface area (TPSA) is 64.9 Å². The largest absolute Gasteiger partial charge is 0.334 e. The second kappa shape index (κ2) is 4.23. The number of nitrogens with two attached hydrogens (primary N) is 1. The highest BCUT2D eigenvalue weighted by Crippen LogP contribution is 2.17. The van der Waals surface area contributed by atoms with Gasteiger partial charge in [-0.05, 0) is 24.1 Å². The highest BCUT2D eigenvalue weighted by atomic mass is 16.5. The van der Waals surface area contributed by atoms with Crippen molar-refractivity contribution in [3.63, 3.8) is 0 Å². The molecule has 0 unspecified atom stereocenters. The molecule has 2 rings (SSSR count). The molecule has 0 aliphatic rings. The average Bonchev–Trinajstić information content (AvgIpc) is 2.78. The summed E-state index contributed by atoms with van der Waals surface area (Å²) in [5.41, 5.74) is 7.62. The van der Waals surface area contributed by atoms with E-state index in [1.165, 1.54) is 5.56 Å². The summed E-state index contributed by atoms with van der Waals surface area (Å²) in [6.07, 6.45) is 1.03. The van der Waals surface area contributed by atoms with Gasteiger partial charge in [0.1, 0.15) is 0 Å². The highest BCUT2D eigenvalue weighted by molar-refractivity contribution is 5.53. The van der Waals surface area contributed by atoms with E-state index in [4.69, 9.17) is 10.3 Å². The quantitative estimate of drug-likeness (QED) is 0.825. The predicted molar refractivity (Wildman–Crippen MR) is 57.0 cm³/mol. The number of rotatable bonds is 3. The van der Waals surface area contributed by atoms with Crippen molar-refractivity contribution in [1.29, 1.82) is 0 Å². The van der Waals surface area contributed by atoms with Gasteiger partial charge in [0, 0.05) is 5.56 Å². The minimum Gasteiger partial charge on any atom is -0.334 e. The zero-order valence-electron chi connectivity index (χ0n) is 8.60. The number of hydrogen-bond acceptors (Lipinski definition) is 4. The van der Waals surface area contributed by atoms with E-state index in [2.05, 4.69) is 29.2 Å². The second-order valence-electron chi connectivity index (χ2n) is 3.27. The summed E-state index contributed by atoms with van der Waals surface area (Å²) in [7, 11) is 0. The molecule has 15 heavy (non-hydrogen) atoms. The second-order valence-corrected chi connectivity index (χ2v) is 3.27. The first kappa shape index (κ1) is 9.86. The molecule has 4 nitrogen and oxygen atoms in total. The molecular weight excluding hydrogens is 190 g/mol. The van der Waals surface area contributed by atoms with Crippen LogP contribution in [0.3, 0.4) is 0 Å². The molecule has 4 heteroatoms. The lowest BCUT2D eigenvalue weighted by Crippen LogP contribution is -1.97. The molecule has 0 atom stereocenters. The lowest BCUT2D eigenvalue weighted by atomic mass is 10.1. The van der Waals surface area contributed by atoms with E-state index in [9.17, 15) is 0 Å². The van der Waals surface area contributed by atoms with E-state index in [0.717, 1.165) is 12.0 Å². The van der Waals surface area contributed by atoms with Crippen molar-refractivity contribution in [2.75, 3.05) is 0 Å². The van der Waals surface area contributed by atoms with Crippen LogP contribution in [-0.4, -0.2) is 10.1 Å². The van der Waals surface area contributed by atoms with Crippen molar-refractivity contribution < 1.29 is 4.52 Å². The maximum absolute atomic E-state index is 5.40. The minimum absolute atomic E-state index is 0.302. The molecule has 1 heterocycles. The Hall–Kier alpha value is -1.68. The molecule has 0 bridgehead atoms. The van der Waals surface area contributed by atoms with Crippen LogP contribution in [0.25, 0.3) is 11.5 Å². The van der Waals surface area contributed by atoms with Crippen molar-refractivity contribution in [3.8, 4) is 11.5 Å². The number of aryl methyl sites for hydroxylation is 1. The van der Waals surface area contributed by atoms with Gasteiger partial charge in [-0.25, -0.2) is 0 Å². The molecule has 2 N–H and O–H groups in total. The molecule has 0 fully saturated rings. The molecule has 0 spiro atoms. The molecule has 1 aromatic heterocycles. The summed E-state index contributed by atoms with van der Waals surface area (Å²) in [6.45, 7) is 2.42. The van der Waals surface area contributed by atoms with Gasteiger partial charge in [0.25, 0.3) is 5.89 Å². The lowest BCUT2D eigenvalue weighted by molar-refractivity contribution is 0.423. The van der Waals surface area contributed by atoms with E-state index in [0.29, 0.717) is 18.3 Å². The van der Waals surface area contributed by atoms with Gasteiger partial charge in [-0.15, -0.1) is 0 Å². The molecule has 0 aliphatic heterocycles. The summed E-state index contributed by atoms with van der Waals surface area (Å²) in [5, 5.41) is 3.74. The first-order chi connectivity index (χ1) is 7.33. The third-order valence-electron chi connectivity index (χ3n) is 2.26. The fraction of sp³-hybridized carbons (Fsp3) is 0.273. The van der Waals surface area contributed by atoms with Crippen LogP contribution in [0, 0.1) is 0 Å². The predicted octanol–water partition coefficient (Wildman–Crippen LogP) is 1.76. The molecule has 0 radical (unpaired) electrons. The molecule has 0 saturated carbocycles. The van der Waals surface area contributed by atoms with Gasteiger partial charge in [0.2, 0.25) is 0 Å². The third kappa shape index (κ3) is 2.05. The summed E-state index contributed by atoms with van der Waals surface area (Å²) in [6, 6.07) is 8.07. The van der Waals surface area contributed by atoms with Crippen LogP contribution in [0.5, 0.6) is 0 Å². The summed E-state index contributed by atoms with van der Waals surface area (Å²) in [4.78, 5) is 4.15. The fourth-order valence-corrected chi connectivity index (χ4v) is 1.34. The molecule has 0 saturated heterocycles. The number of hydrogen-bond donors (Lipinski definition) is 1. The van der Waals surface area contributed by atoms with Gasteiger partial charge in [0.15, 0.2) is 5.82 Å². The van der Waals surface area contributed by atoms with E-state index >= 15 is 0 Å². The SMILES string of the molecule is CCc1ccc(-c2nc(CN)no2)cc1. The van der Waals surface area contributed by atoms with Gasteiger partial charge < -0.3 is 10.3 Å². The van der Waals surface area contributed by atoms with Crippen LogP contribution < -0.4 is 5.73 Å². The Kier molecular flexibility index (Phi) is 2.78. The number of benzene rings is 1. The summed E-state index contributed by atoms with van der Waals surface area (Å²) < 4.78 is 5.07. The Morgan fingerprint density at radius 1 is 1.27 bits per heavy atom. The number of nitrogens with zero attached hydrogens (tertiary/aromatic N) is 2. The normalized spacial score (nSPS) is 10.5. The van der Waals surface area contributed by atoms with Crippen LogP contribution in [0.1, 0.15) is 18.3 Å². The maximum atomic E-state index is 5.40. The first-order valence-corrected chi connectivity index (χ1v) is 4.95. The van der Waals surface area contributed by atoms with Crippen LogP contribution in [0.15, 0.2) is 28.8 Å². The minimum atomic E-state index is 0.302. The van der Waals surface area contributed by atoms with Crippen molar-refractivity contribution >= 4 is 0 Å². The van der Waals surface area contributed by atoms with Gasteiger partial charge in [-0.3, -0.25) is 0 Å². The van der Waals surface area contributed by atoms with E-state index in [-0.39, 0.29) is 0 Å². The molecule has 2 aromatic rings. The van der Waals surface area contributed by atoms with Crippen LogP contribution in [0.4, 0.5) is 0 Å². The average molecular weight is 203 g/mol. The van der Waals surface area contributed by atoms with Gasteiger partial charge in [0.05, 0.1) is 6.54 Å². The molecule has 78 valence electrons. The Bertz CT molecular complexity index is 433.